The summed E-state index contributed by atoms with van der Waals surface area (Å²) in [6.45, 7) is 35.8. The van der Waals surface area contributed by atoms with Crippen molar-refractivity contribution in [3.05, 3.63) is 0 Å². The van der Waals surface area contributed by atoms with E-state index in [9.17, 15) is 0 Å². The first-order valence-corrected chi connectivity index (χ1v) is 29.2. The molecule has 63 heavy (non-hydrogen) atoms. The van der Waals surface area contributed by atoms with Crippen LogP contribution < -0.4 is 37.2 Å². The molecule has 0 spiro atoms. The van der Waals surface area contributed by atoms with Crippen LogP contribution in [0.4, 0.5) is 0 Å². The molecule has 14 bridgehead atoms. The molecule has 0 aliphatic carbocycles. The lowest BCUT2D eigenvalue weighted by atomic mass is 9.71. The van der Waals surface area contributed by atoms with Crippen LogP contribution in [0, 0.1) is 82.9 Å². The van der Waals surface area contributed by atoms with E-state index in [-0.39, 0.29) is 0 Å². The molecule has 8 aliphatic rings. The molecule has 0 saturated carbocycles. The van der Waals surface area contributed by atoms with Crippen molar-refractivity contribution in [2.24, 2.45) is 82.9 Å². The first-order valence-electron chi connectivity index (χ1n) is 29.2. The van der Waals surface area contributed by atoms with Crippen molar-refractivity contribution in [2.75, 3.05) is 0 Å². The summed E-state index contributed by atoms with van der Waals surface area (Å²) in [5.74, 6) is 10.5. The van der Waals surface area contributed by atoms with Gasteiger partial charge in [0, 0.05) is 59.9 Å². The fourth-order valence-corrected chi connectivity index (χ4v) is 20.5. The van der Waals surface area contributed by atoms with Gasteiger partial charge >= 0.3 is 0 Å². The third-order valence-corrected chi connectivity index (χ3v) is 22.7. The normalized spacial score (nSPS) is 54.0. The van der Waals surface area contributed by atoms with Gasteiger partial charge < -0.3 is 37.2 Å². The average molecular weight is 879 g/mol. The predicted molar refractivity (Wildman–Crippen MR) is 265 cm³/mol. The summed E-state index contributed by atoms with van der Waals surface area (Å²) in [4.78, 5) is 0. The Labute approximate surface area is 390 Å². The fraction of sp³-hybridized carbons (Fsp3) is 1.00. The van der Waals surface area contributed by atoms with E-state index in [0.717, 1.165) is 82.9 Å². The molecule has 0 radical (unpaired) electrons. The average Bonchev–Trinajstić information content (AvgIpc) is 4.17. The van der Waals surface area contributed by atoms with Gasteiger partial charge in [0.05, 0.1) is 24.2 Å². The lowest BCUT2D eigenvalue weighted by Gasteiger charge is -2.32. The zero-order chi connectivity index (χ0) is 45.0. The topological polar surface area (TPSA) is 93.4 Å². The second-order valence-corrected chi connectivity index (χ2v) is 23.8. The van der Waals surface area contributed by atoms with E-state index in [2.05, 4.69) is 108 Å². The fourth-order valence-electron chi connectivity index (χ4n) is 20.5. The Balaban J connectivity index is 1.27. The van der Waals surface area contributed by atoms with Gasteiger partial charge in [-0.2, -0.15) is 0 Å². The van der Waals surface area contributed by atoms with Crippen LogP contribution in [0.5, 0.6) is 0 Å². The molecule has 8 saturated heterocycles. The second-order valence-electron chi connectivity index (χ2n) is 23.8. The van der Waals surface area contributed by atoms with Crippen molar-refractivity contribution in [2.45, 2.75) is 271 Å². The summed E-state index contributed by atoms with van der Waals surface area (Å²) < 4.78 is 0. The molecule has 28 atom stereocenters. The Morgan fingerprint density at radius 1 is 0.190 bits per heavy atom. The Bertz CT molecular complexity index is 1050. The zero-order valence-electron chi connectivity index (χ0n) is 43.7. The molecule has 8 aliphatic heterocycles. The quantitative estimate of drug-likeness (QED) is 0.0910. The highest BCUT2D eigenvalue weighted by Gasteiger charge is 2.65. The molecule has 7 nitrogen and oxygen atoms in total. The summed E-state index contributed by atoms with van der Waals surface area (Å²) in [6, 6.07) is 8.43. The first-order chi connectivity index (χ1) is 30.7. The minimum absolute atomic E-state index is 0.558. The van der Waals surface area contributed by atoms with Crippen molar-refractivity contribution >= 4 is 0 Å². The molecular formula is C56H107N7+2. The highest BCUT2D eigenvalue weighted by Crippen LogP contribution is 2.51. The highest BCUT2D eigenvalue weighted by atomic mass is 15.2. The molecule has 0 aromatic rings. The molecule has 7 heteroatoms. The van der Waals surface area contributed by atoms with E-state index in [1.807, 2.05) is 0 Å². The number of hydrogen-bond donors (Lipinski definition) is 7. The van der Waals surface area contributed by atoms with Crippen LogP contribution in [-0.2, 0) is 0 Å². The summed E-state index contributed by atoms with van der Waals surface area (Å²) >= 11 is 0. The third-order valence-electron chi connectivity index (χ3n) is 22.7. The van der Waals surface area contributed by atoms with Crippen molar-refractivity contribution in [3.8, 4) is 0 Å². The maximum absolute atomic E-state index is 4.72. The maximum atomic E-state index is 4.72. The Hall–Kier alpha value is -0.280. The van der Waals surface area contributed by atoms with Crippen molar-refractivity contribution in [1.29, 1.82) is 0 Å². The molecule has 28 unspecified atom stereocenters. The van der Waals surface area contributed by atoms with Crippen LogP contribution in [-0.4, -0.2) is 84.6 Å². The van der Waals surface area contributed by atoms with Crippen molar-refractivity contribution in [3.63, 3.8) is 0 Å². The van der Waals surface area contributed by atoms with E-state index in [1.54, 1.807) is 0 Å². The van der Waals surface area contributed by atoms with Gasteiger partial charge in [0.1, 0.15) is 24.2 Å². The predicted octanol–water partition coefficient (Wildman–Crippen LogP) is 7.70. The lowest BCUT2D eigenvalue weighted by molar-refractivity contribution is -0.712. The van der Waals surface area contributed by atoms with Gasteiger partial charge in [-0.15, -0.1) is 0 Å². The monoisotopic (exact) mass is 878 g/mol. The molecule has 8 rings (SSSR count). The van der Waals surface area contributed by atoms with Crippen LogP contribution in [0.2, 0.25) is 0 Å². The summed E-state index contributed by atoms with van der Waals surface area (Å²) in [5, 5.41) is 29.7. The van der Waals surface area contributed by atoms with E-state index < -0.39 is 0 Å². The highest BCUT2D eigenvalue weighted by molar-refractivity contribution is 5.18. The van der Waals surface area contributed by atoms with E-state index >= 15 is 0 Å². The number of hydrogen-bond acceptors (Lipinski definition) is 5. The minimum atomic E-state index is 0.558. The Morgan fingerprint density at radius 2 is 0.317 bits per heavy atom. The van der Waals surface area contributed by atoms with E-state index in [0.29, 0.717) is 84.6 Å². The first kappa shape index (κ1) is 49.2. The number of nitrogens with two attached hydrogens (primary N) is 2. The smallest absolute Gasteiger partial charge is 0.105 e. The van der Waals surface area contributed by atoms with E-state index in [4.69, 9.17) is 26.6 Å². The number of nitrogens with one attached hydrogen (secondary N) is 5. The lowest BCUT2D eigenvalue weighted by Crippen LogP contribution is -2.98. The standard InChI is InChI=1S/C56H105N7/c1-15-29-30(16-2)44-46-33(19-5)34(20-6)49(59-46)50-37(23-9)38(24-10)53(61-50)54-41(27-13)42(28-14)56(63-54)55-40(26-12)39(25-11)52(62-55)51-36(22-8)35(21-7)48(60-51)47-32(18-4)31(17-3)45(58-47)43(29)57-44/h29-63H,15-28H2,1-14H3/p+2. The molecule has 8 fully saturated rings. The number of quaternary nitrogens is 2. The number of fused-ring (bicyclic) bond motifs is 21. The van der Waals surface area contributed by atoms with Crippen LogP contribution in [0.25, 0.3) is 0 Å². The van der Waals surface area contributed by atoms with Gasteiger partial charge in [0.15, 0.2) is 0 Å². The van der Waals surface area contributed by atoms with Crippen LogP contribution in [0.1, 0.15) is 187 Å². The Morgan fingerprint density at radius 3 is 0.460 bits per heavy atom. The van der Waals surface area contributed by atoms with Gasteiger partial charge in [0.2, 0.25) is 0 Å². The van der Waals surface area contributed by atoms with Crippen LogP contribution in [0.3, 0.4) is 0 Å². The zero-order valence-corrected chi connectivity index (χ0v) is 43.7. The van der Waals surface area contributed by atoms with Gasteiger partial charge in [-0.3, -0.25) is 0 Å². The van der Waals surface area contributed by atoms with Gasteiger partial charge in [-0.1, -0.05) is 161 Å². The molecule has 0 aromatic heterocycles. The maximum Gasteiger partial charge on any atom is 0.105 e. The Kier molecular flexibility index (Phi) is 16.2. The summed E-state index contributed by atoms with van der Waals surface area (Å²) in [6.07, 6.45) is 18.3. The number of rotatable bonds is 14. The van der Waals surface area contributed by atoms with Crippen LogP contribution in [0.15, 0.2) is 0 Å². The van der Waals surface area contributed by atoms with Crippen molar-refractivity contribution in [1.82, 2.24) is 26.6 Å². The molecule has 364 valence electrons. The second kappa shape index (κ2) is 20.8. The third kappa shape index (κ3) is 7.83. The van der Waals surface area contributed by atoms with Gasteiger partial charge in [-0.05, 0) is 84.9 Å². The van der Waals surface area contributed by atoms with Gasteiger partial charge in [0.25, 0.3) is 0 Å². The van der Waals surface area contributed by atoms with Crippen LogP contribution >= 0.6 is 0 Å². The summed E-state index contributed by atoms with van der Waals surface area (Å²) in [5.41, 5.74) is 0. The molecule has 9 N–H and O–H groups in total. The molecule has 0 amide bonds. The van der Waals surface area contributed by atoms with E-state index in [1.165, 1.54) is 89.9 Å². The largest absolute Gasteiger partial charge is 0.338 e. The SMILES string of the molecule is CCC1C(CC)C2NC1C1NC(C(CC)C1CC)C1[NH2+]C(C(CC)C1CC)C1NC(C(CC)C1CC)C1NC(C(CC)C1CC)C1[NH2+]C(C(CC)C1CC)C1NC2C(CC)C1CC. The van der Waals surface area contributed by atoms with Gasteiger partial charge in [-0.25, -0.2) is 0 Å². The van der Waals surface area contributed by atoms with Crippen molar-refractivity contribution < 1.29 is 10.6 Å². The molecular weight excluding hydrogens is 771 g/mol. The molecule has 0 aromatic carbocycles. The molecule has 8 heterocycles. The summed E-state index contributed by atoms with van der Waals surface area (Å²) in [7, 11) is 0. The minimum Gasteiger partial charge on any atom is -0.338 e.